The average Bonchev–Trinajstić information content (AvgIpc) is 3.46. The van der Waals surface area contributed by atoms with E-state index >= 15 is 0 Å². The maximum atomic E-state index is 11.8. The van der Waals surface area contributed by atoms with Gasteiger partial charge in [0.05, 0.1) is 0 Å². The van der Waals surface area contributed by atoms with Gasteiger partial charge in [0.25, 0.3) is 0 Å². The van der Waals surface area contributed by atoms with Gasteiger partial charge in [-0.25, -0.2) is 0 Å². The number of hydrogen-bond donors (Lipinski definition) is 2. The molecule has 5 nitrogen and oxygen atoms in total. The smallest absolute Gasteiger partial charge is 0.120 e. The van der Waals surface area contributed by atoms with Gasteiger partial charge in [-0.2, -0.15) is 0 Å². The minimum atomic E-state index is -0.582. The van der Waals surface area contributed by atoms with Crippen molar-refractivity contribution in [3.63, 3.8) is 0 Å². The van der Waals surface area contributed by atoms with E-state index in [0.29, 0.717) is 22.8 Å². The fourth-order valence-corrected chi connectivity index (χ4v) is 13.9. The Bertz CT molecular complexity index is 1180. The zero-order valence-corrected chi connectivity index (χ0v) is 34.1. The maximum absolute atomic E-state index is 11.8. The fourth-order valence-electron chi connectivity index (χ4n) is 12.8. The molecule has 6 aliphatic rings. The largest absolute Gasteiger partial charge is 0.400 e. The molecular weight excluding hydrogens is 625 g/mol. The van der Waals surface area contributed by atoms with E-state index in [0.717, 1.165) is 93.5 Å². The molecule has 5 fully saturated rings. The van der Waals surface area contributed by atoms with E-state index in [1.54, 1.807) is 5.57 Å². The molecule has 0 amide bonds. The molecule has 6 heteroatoms. The predicted octanol–water partition coefficient (Wildman–Crippen LogP) is 8.98. The molecule has 49 heavy (non-hydrogen) atoms. The highest BCUT2D eigenvalue weighted by atomic mass is 32.2. The molecule has 0 aromatic rings. The quantitative estimate of drug-likeness (QED) is 0.186. The second-order valence-corrected chi connectivity index (χ2v) is 20.9. The molecule has 0 spiro atoms. The molecule has 1 saturated heterocycles. The molecule has 2 N–H and O–H groups in total. The van der Waals surface area contributed by atoms with Gasteiger partial charge in [0.15, 0.2) is 0 Å². The summed E-state index contributed by atoms with van der Waals surface area (Å²) in [6, 6.07) is 0. The number of aliphatic hydroxyl groups excluding tert-OH is 1. The zero-order chi connectivity index (χ0) is 36.3. The number of nitrogens with one attached hydrogen (secondary N) is 1. The van der Waals surface area contributed by atoms with E-state index in [9.17, 15) is 9.00 Å². The van der Waals surface area contributed by atoms with E-state index in [1.807, 2.05) is 13.8 Å². The predicted molar refractivity (Wildman–Crippen MR) is 209 cm³/mol. The fraction of sp³-hybridized carbons (Fsp3) is 0.884. The summed E-state index contributed by atoms with van der Waals surface area (Å²) in [5.41, 5.74) is 4.48. The van der Waals surface area contributed by atoms with Crippen molar-refractivity contribution >= 4 is 17.1 Å². The van der Waals surface area contributed by atoms with E-state index in [2.05, 4.69) is 64.4 Å². The Kier molecular flexibility index (Phi) is 13.8. The second-order valence-electron chi connectivity index (χ2n) is 19.2. The molecule has 6 rings (SSSR count). The van der Waals surface area contributed by atoms with Crippen LogP contribution in [0, 0.1) is 51.2 Å². The van der Waals surface area contributed by atoms with Crippen LogP contribution >= 0.6 is 0 Å². The van der Waals surface area contributed by atoms with Crippen molar-refractivity contribution in [3.05, 3.63) is 23.8 Å². The van der Waals surface area contributed by atoms with Crippen molar-refractivity contribution in [2.24, 2.45) is 51.2 Å². The number of fused-ring (bicyclic) bond motifs is 7. The Hall–Kier alpha value is -0.820. The third kappa shape index (κ3) is 8.54. The van der Waals surface area contributed by atoms with Crippen LogP contribution in [0.3, 0.4) is 0 Å². The number of carbonyl (C=O) groups is 1. The van der Waals surface area contributed by atoms with Crippen LogP contribution in [-0.2, 0) is 15.6 Å². The number of carbonyl (C=O) groups excluding carboxylic acids is 1. The van der Waals surface area contributed by atoms with Gasteiger partial charge in [-0.05, 0) is 136 Å². The lowest BCUT2D eigenvalue weighted by atomic mass is 9.37. The van der Waals surface area contributed by atoms with Gasteiger partial charge < -0.3 is 20.1 Å². The first kappa shape index (κ1) is 40.9. The first-order chi connectivity index (χ1) is 23.1. The maximum Gasteiger partial charge on any atom is 0.120 e. The lowest BCUT2D eigenvalue weighted by molar-refractivity contribution is -0.176. The molecule has 0 aromatic heterocycles. The van der Waals surface area contributed by atoms with Crippen LogP contribution in [-0.4, -0.2) is 70.8 Å². The Labute approximate surface area is 304 Å². The normalized spacial score (nSPS) is 38.6. The zero-order valence-electron chi connectivity index (χ0n) is 33.3. The highest BCUT2D eigenvalue weighted by molar-refractivity contribution is 7.85. The Balaban J connectivity index is 0.000000841. The summed E-state index contributed by atoms with van der Waals surface area (Å²) in [6.45, 7) is 26.9. The van der Waals surface area contributed by atoms with E-state index in [4.69, 9.17) is 5.11 Å². The summed E-state index contributed by atoms with van der Waals surface area (Å²) in [5, 5.41) is 11.2. The lowest BCUT2D eigenvalue weighted by Gasteiger charge is -2.68. The van der Waals surface area contributed by atoms with Crippen LogP contribution in [0.2, 0.25) is 0 Å². The number of allylic oxidation sites excluding steroid dienone is 3. The van der Waals surface area contributed by atoms with Gasteiger partial charge in [0, 0.05) is 67.6 Å². The number of rotatable bonds is 9. The van der Waals surface area contributed by atoms with Crippen LogP contribution in [0.4, 0.5) is 0 Å². The van der Waals surface area contributed by atoms with Crippen molar-refractivity contribution in [1.82, 2.24) is 10.2 Å². The van der Waals surface area contributed by atoms with Crippen LogP contribution < -0.4 is 5.32 Å². The molecule has 0 aromatic carbocycles. The minimum absolute atomic E-state index is 0.101. The summed E-state index contributed by atoms with van der Waals surface area (Å²) < 4.78 is 11.8. The highest BCUT2D eigenvalue weighted by Crippen LogP contribution is 2.72. The van der Waals surface area contributed by atoms with Crippen molar-refractivity contribution in [1.29, 1.82) is 0 Å². The van der Waals surface area contributed by atoms with Crippen LogP contribution in [0.1, 0.15) is 139 Å². The third-order valence-corrected chi connectivity index (χ3v) is 16.4. The van der Waals surface area contributed by atoms with Crippen molar-refractivity contribution < 1.29 is 14.1 Å². The lowest BCUT2D eigenvalue weighted by Crippen LogP contribution is -2.64. The first-order valence-electron chi connectivity index (χ1n) is 20.1. The number of hydrogen-bond acceptors (Lipinski definition) is 5. The summed E-state index contributed by atoms with van der Waals surface area (Å²) >= 11 is 0. The molecular formula is C43H76N2O3S. The molecule has 5 aliphatic carbocycles. The summed E-state index contributed by atoms with van der Waals surface area (Å²) in [4.78, 5) is 13.8. The van der Waals surface area contributed by atoms with Crippen molar-refractivity contribution in [2.75, 3.05) is 44.8 Å². The molecule has 282 valence electrons. The number of aldehydes is 1. The summed E-state index contributed by atoms with van der Waals surface area (Å²) in [6.07, 6.45) is 20.8. The van der Waals surface area contributed by atoms with Crippen molar-refractivity contribution in [2.45, 2.75) is 144 Å². The van der Waals surface area contributed by atoms with E-state index < -0.39 is 10.8 Å². The average molecular weight is 701 g/mol. The second kappa shape index (κ2) is 16.5. The first-order valence-corrected chi connectivity index (χ1v) is 21.6. The number of nitrogens with zero attached hydrogens (tertiary/aromatic N) is 1. The van der Waals surface area contributed by atoms with Crippen molar-refractivity contribution in [3.8, 4) is 0 Å². The van der Waals surface area contributed by atoms with Gasteiger partial charge in [-0.3, -0.25) is 4.21 Å². The van der Waals surface area contributed by atoms with Crippen LogP contribution in [0.5, 0.6) is 0 Å². The molecule has 0 radical (unpaired) electrons. The summed E-state index contributed by atoms with van der Waals surface area (Å²) in [7, 11) is 0.418. The van der Waals surface area contributed by atoms with Gasteiger partial charge >= 0.3 is 0 Å². The van der Waals surface area contributed by atoms with E-state index in [-0.39, 0.29) is 10.8 Å². The van der Waals surface area contributed by atoms with Gasteiger partial charge in [-0.15, -0.1) is 6.58 Å². The monoisotopic (exact) mass is 701 g/mol. The van der Waals surface area contributed by atoms with Gasteiger partial charge in [-0.1, -0.05) is 65.2 Å². The topological polar surface area (TPSA) is 69.6 Å². The Morgan fingerprint density at radius 2 is 1.65 bits per heavy atom. The molecule has 7 unspecified atom stereocenters. The van der Waals surface area contributed by atoms with Gasteiger partial charge in [0.2, 0.25) is 0 Å². The van der Waals surface area contributed by atoms with Crippen LogP contribution in [0.25, 0.3) is 0 Å². The summed E-state index contributed by atoms with van der Waals surface area (Å²) in [5.74, 6) is 6.02. The SMILES string of the molecule is C=C(C)C.CC(C)(CC=O)CCC1=CCC2(C)C(CCC3(C)C4CCC5(NCCN6CCS(=O)CC6)CCC[C@@H]5C4CCC32)C1(C)C.CO. The Morgan fingerprint density at radius 3 is 2.31 bits per heavy atom. The standard InChI is InChI=1S/C38H64N2O2S.C4H8.CH4O/c1-34(2,20-25-41)16-11-28-12-17-37(6)32(35(28,3)4)14-18-36(5)30-13-19-38(39-21-22-40-23-26-43(42)27-24-40)15-7-8-31(38)29(30)9-10-33(36)37;1-4(2)3;1-2/h12,25,29-33,39H,7-11,13-24,26-27H2,1-6H3;1H2,2-3H3;2H,1H3/t29?,30?,31-,32?,33?,36?,37?,38?;;/m1../s1. The third-order valence-electron chi connectivity index (χ3n) is 15.1. The Morgan fingerprint density at radius 1 is 0.980 bits per heavy atom. The highest BCUT2D eigenvalue weighted by Gasteiger charge is 2.65. The van der Waals surface area contributed by atoms with Gasteiger partial charge in [0.1, 0.15) is 6.29 Å². The van der Waals surface area contributed by atoms with Crippen LogP contribution in [0.15, 0.2) is 23.8 Å². The van der Waals surface area contributed by atoms with E-state index in [1.165, 1.54) is 69.8 Å². The number of aliphatic hydroxyl groups is 1. The molecule has 4 saturated carbocycles. The minimum Gasteiger partial charge on any atom is -0.400 e. The molecule has 1 heterocycles. The molecule has 1 aliphatic heterocycles. The molecule has 0 bridgehead atoms. The molecule has 8 atom stereocenters.